The van der Waals surface area contributed by atoms with Gasteiger partial charge in [-0.2, -0.15) is 0 Å². The SMILES string of the molecule is Cc1ccc(N)c(C(=O)c2cccc(Cl)c2Cl)c1. The Kier molecular flexibility index (Phi) is 3.60. The number of ketones is 1. The van der Waals surface area contributed by atoms with Crippen molar-refractivity contribution in [2.75, 3.05) is 5.73 Å². The Morgan fingerprint density at radius 2 is 1.83 bits per heavy atom. The Bertz CT molecular complexity index is 619. The van der Waals surface area contributed by atoms with Crippen LogP contribution >= 0.6 is 23.2 Å². The first-order chi connectivity index (χ1) is 8.50. The highest BCUT2D eigenvalue weighted by Gasteiger charge is 2.16. The average Bonchev–Trinajstić information content (AvgIpc) is 2.35. The van der Waals surface area contributed by atoms with E-state index in [1.165, 1.54) is 0 Å². The summed E-state index contributed by atoms with van der Waals surface area (Å²) in [5.74, 6) is -0.219. The quantitative estimate of drug-likeness (QED) is 0.664. The van der Waals surface area contributed by atoms with Crippen molar-refractivity contribution in [1.82, 2.24) is 0 Å². The van der Waals surface area contributed by atoms with Gasteiger partial charge in [-0.15, -0.1) is 0 Å². The fraction of sp³-hybridized carbons (Fsp3) is 0.0714. The second-order valence-electron chi connectivity index (χ2n) is 4.02. The number of rotatable bonds is 2. The summed E-state index contributed by atoms with van der Waals surface area (Å²) in [7, 11) is 0. The van der Waals surface area contributed by atoms with E-state index in [0.29, 0.717) is 21.8 Å². The lowest BCUT2D eigenvalue weighted by Gasteiger charge is -2.08. The van der Waals surface area contributed by atoms with Gasteiger partial charge < -0.3 is 5.73 Å². The largest absolute Gasteiger partial charge is 0.398 e. The van der Waals surface area contributed by atoms with Gasteiger partial charge in [0.25, 0.3) is 0 Å². The number of nitrogens with two attached hydrogens (primary N) is 1. The molecule has 2 rings (SSSR count). The van der Waals surface area contributed by atoms with E-state index in [1.54, 1.807) is 30.3 Å². The monoisotopic (exact) mass is 279 g/mol. The van der Waals surface area contributed by atoms with Gasteiger partial charge in [0.05, 0.1) is 10.0 Å². The van der Waals surface area contributed by atoms with Gasteiger partial charge in [0.15, 0.2) is 5.78 Å². The molecule has 0 saturated carbocycles. The number of benzene rings is 2. The normalized spacial score (nSPS) is 10.4. The first-order valence-electron chi connectivity index (χ1n) is 5.35. The lowest BCUT2D eigenvalue weighted by Crippen LogP contribution is -2.06. The Balaban J connectivity index is 2.55. The predicted octanol–water partition coefficient (Wildman–Crippen LogP) is 4.12. The van der Waals surface area contributed by atoms with Crippen molar-refractivity contribution in [2.24, 2.45) is 0 Å². The third-order valence-electron chi connectivity index (χ3n) is 2.65. The van der Waals surface area contributed by atoms with Crippen molar-refractivity contribution < 1.29 is 4.79 Å². The van der Waals surface area contributed by atoms with Gasteiger partial charge in [-0.25, -0.2) is 0 Å². The molecule has 0 aliphatic rings. The van der Waals surface area contributed by atoms with Crippen molar-refractivity contribution in [1.29, 1.82) is 0 Å². The van der Waals surface area contributed by atoms with Gasteiger partial charge in [-0.05, 0) is 31.2 Å². The van der Waals surface area contributed by atoms with Crippen LogP contribution in [0.25, 0.3) is 0 Å². The topological polar surface area (TPSA) is 43.1 Å². The predicted molar refractivity (Wildman–Crippen MR) is 75.5 cm³/mol. The van der Waals surface area contributed by atoms with Crippen molar-refractivity contribution in [3.8, 4) is 0 Å². The smallest absolute Gasteiger partial charge is 0.196 e. The number of aryl methyl sites for hydroxylation is 1. The molecule has 0 aliphatic heterocycles. The molecule has 2 aromatic rings. The van der Waals surface area contributed by atoms with Gasteiger partial charge in [-0.3, -0.25) is 4.79 Å². The zero-order valence-electron chi connectivity index (χ0n) is 9.71. The molecule has 2 nitrogen and oxygen atoms in total. The maximum absolute atomic E-state index is 12.4. The van der Waals surface area contributed by atoms with Crippen molar-refractivity contribution in [3.05, 3.63) is 63.1 Å². The molecule has 0 aromatic heterocycles. The molecule has 0 aliphatic carbocycles. The lowest BCUT2D eigenvalue weighted by atomic mass is 10.00. The lowest BCUT2D eigenvalue weighted by molar-refractivity contribution is 0.103. The standard InChI is InChI=1S/C14H11Cl2NO/c1-8-5-6-12(17)10(7-8)14(18)9-3-2-4-11(15)13(9)16/h2-7H,17H2,1H3. The molecular weight excluding hydrogens is 269 g/mol. The summed E-state index contributed by atoms with van der Waals surface area (Å²) >= 11 is 11.9. The molecular formula is C14H11Cl2NO. The second-order valence-corrected chi connectivity index (χ2v) is 4.81. The number of anilines is 1. The molecule has 0 unspecified atom stereocenters. The Morgan fingerprint density at radius 3 is 2.56 bits per heavy atom. The van der Waals surface area contributed by atoms with Gasteiger partial charge in [-0.1, -0.05) is 40.9 Å². The van der Waals surface area contributed by atoms with E-state index in [0.717, 1.165) is 5.56 Å². The van der Waals surface area contributed by atoms with E-state index in [-0.39, 0.29) is 10.8 Å². The summed E-state index contributed by atoms with van der Waals surface area (Å²) in [5, 5.41) is 0.610. The molecule has 4 heteroatoms. The molecule has 0 amide bonds. The Morgan fingerprint density at radius 1 is 1.11 bits per heavy atom. The van der Waals surface area contributed by atoms with Gasteiger partial charge in [0.1, 0.15) is 0 Å². The molecule has 2 aromatic carbocycles. The van der Waals surface area contributed by atoms with Crippen LogP contribution in [0.2, 0.25) is 10.0 Å². The molecule has 92 valence electrons. The van der Waals surface area contributed by atoms with Crippen LogP contribution in [0, 0.1) is 6.92 Å². The molecule has 0 spiro atoms. The minimum atomic E-state index is -0.219. The molecule has 0 radical (unpaired) electrons. The van der Waals surface area contributed by atoms with Crippen LogP contribution in [0.3, 0.4) is 0 Å². The number of nitrogen functional groups attached to an aromatic ring is 1. The van der Waals surface area contributed by atoms with Crippen LogP contribution in [0.5, 0.6) is 0 Å². The number of carbonyl (C=O) groups excluding carboxylic acids is 1. The van der Waals surface area contributed by atoms with Gasteiger partial charge in [0.2, 0.25) is 0 Å². The van der Waals surface area contributed by atoms with E-state index in [9.17, 15) is 4.79 Å². The average molecular weight is 280 g/mol. The summed E-state index contributed by atoms with van der Waals surface area (Å²) in [6, 6.07) is 10.3. The highest BCUT2D eigenvalue weighted by molar-refractivity contribution is 6.44. The molecule has 2 N–H and O–H groups in total. The van der Waals surface area contributed by atoms with Crippen LogP contribution in [0.4, 0.5) is 5.69 Å². The van der Waals surface area contributed by atoms with E-state index < -0.39 is 0 Å². The maximum atomic E-state index is 12.4. The third-order valence-corrected chi connectivity index (χ3v) is 3.47. The van der Waals surface area contributed by atoms with E-state index in [1.807, 2.05) is 13.0 Å². The van der Waals surface area contributed by atoms with E-state index in [4.69, 9.17) is 28.9 Å². The van der Waals surface area contributed by atoms with Gasteiger partial charge >= 0.3 is 0 Å². The number of hydrogen-bond donors (Lipinski definition) is 1. The van der Waals surface area contributed by atoms with Crippen LogP contribution in [-0.4, -0.2) is 5.78 Å². The van der Waals surface area contributed by atoms with Crippen LogP contribution in [0.15, 0.2) is 36.4 Å². The fourth-order valence-corrected chi connectivity index (χ4v) is 2.08. The molecule has 0 atom stereocenters. The summed E-state index contributed by atoms with van der Waals surface area (Å²) < 4.78 is 0. The number of carbonyl (C=O) groups is 1. The maximum Gasteiger partial charge on any atom is 0.196 e. The number of halogens is 2. The number of hydrogen-bond acceptors (Lipinski definition) is 2. The molecule has 0 saturated heterocycles. The first kappa shape index (κ1) is 12.9. The van der Waals surface area contributed by atoms with Crippen LogP contribution in [0.1, 0.15) is 21.5 Å². The van der Waals surface area contributed by atoms with Crippen molar-refractivity contribution in [3.63, 3.8) is 0 Å². The summed E-state index contributed by atoms with van der Waals surface area (Å²) in [6.45, 7) is 1.90. The van der Waals surface area contributed by atoms with E-state index >= 15 is 0 Å². The zero-order valence-corrected chi connectivity index (χ0v) is 11.2. The highest BCUT2D eigenvalue weighted by Crippen LogP contribution is 2.28. The summed E-state index contributed by atoms with van der Waals surface area (Å²) in [4.78, 5) is 12.4. The minimum Gasteiger partial charge on any atom is -0.398 e. The van der Waals surface area contributed by atoms with E-state index in [2.05, 4.69) is 0 Å². The van der Waals surface area contributed by atoms with Crippen molar-refractivity contribution in [2.45, 2.75) is 6.92 Å². The molecule has 0 bridgehead atoms. The fourth-order valence-electron chi connectivity index (χ4n) is 1.69. The summed E-state index contributed by atoms with van der Waals surface area (Å²) in [6.07, 6.45) is 0. The molecule has 0 fully saturated rings. The Labute approximate surface area is 115 Å². The Hall–Kier alpha value is -1.51. The first-order valence-corrected chi connectivity index (χ1v) is 6.11. The van der Waals surface area contributed by atoms with Crippen molar-refractivity contribution >= 4 is 34.7 Å². The highest BCUT2D eigenvalue weighted by atomic mass is 35.5. The molecule has 0 heterocycles. The van der Waals surface area contributed by atoms with Crippen LogP contribution in [-0.2, 0) is 0 Å². The van der Waals surface area contributed by atoms with Crippen LogP contribution < -0.4 is 5.73 Å². The molecule has 18 heavy (non-hydrogen) atoms. The second kappa shape index (κ2) is 5.01. The summed E-state index contributed by atoms with van der Waals surface area (Å²) in [5.41, 5.74) is 8.02. The van der Waals surface area contributed by atoms with Gasteiger partial charge in [0, 0.05) is 16.8 Å². The zero-order chi connectivity index (χ0) is 13.3. The minimum absolute atomic E-state index is 0.219. The third kappa shape index (κ3) is 2.35.